The van der Waals surface area contributed by atoms with E-state index in [0.717, 1.165) is 42.0 Å². The number of hydrogen-bond acceptors (Lipinski definition) is 2. The van der Waals surface area contributed by atoms with Crippen molar-refractivity contribution in [1.82, 2.24) is 10.3 Å². The van der Waals surface area contributed by atoms with Crippen molar-refractivity contribution >= 4 is 0 Å². The highest BCUT2D eigenvalue weighted by atomic mass is 19.1. The van der Waals surface area contributed by atoms with E-state index < -0.39 is 0 Å². The summed E-state index contributed by atoms with van der Waals surface area (Å²) in [6.07, 6.45) is 0.908. The standard InChI is InChI=1S/C16H17FN2/c1-10-3-4-12(15(17)7-10)14-8-11(2)19-16-9-18-6-5-13(14)16/h3-4,7-8,18H,5-6,9H2,1-2H3. The van der Waals surface area contributed by atoms with Crippen molar-refractivity contribution in [3.05, 3.63) is 52.6 Å². The number of hydrogen-bond donors (Lipinski definition) is 1. The molecule has 0 saturated carbocycles. The molecule has 0 radical (unpaired) electrons. The van der Waals surface area contributed by atoms with Crippen LogP contribution in [0.25, 0.3) is 11.1 Å². The van der Waals surface area contributed by atoms with Crippen LogP contribution in [0.5, 0.6) is 0 Å². The maximum atomic E-state index is 14.2. The number of nitrogens with zero attached hydrogens (tertiary/aromatic N) is 1. The van der Waals surface area contributed by atoms with Crippen molar-refractivity contribution in [2.75, 3.05) is 6.54 Å². The van der Waals surface area contributed by atoms with E-state index in [9.17, 15) is 4.39 Å². The van der Waals surface area contributed by atoms with E-state index in [0.29, 0.717) is 5.56 Å². The lowest BCUT2D eigenvalue weighted by molar-refractivity contribution is 0.620. The normalized spacial score (nSPS) is 14.3. The fraction of sp³-hybridized carbons (Fsp3) is 0.312. The van der Waals surface area contributed by atoms with Gasteiger partial charge in [0.05, 0.1) is 5.69 Å². The fourth-order valence-electron chi connectivity index (χ4n) is 2.69. The van der Waals surface area contributed by atoms with Crippen molar-refractivity contribution < 1.29 is 4.39 Å². The molecule has 1 aromatic carbocycles. The average molecular weight is 256 g/mol. The van der Waals surface area contributed by atoms with E-state index in [2.05, 4.69) is 10.3 Å². The Morgan fingerprint density at radius 2 is 2.00 bits per heavy atom. The van der Waals surface area contributed by atoms with Gasteiger partial charge in [-0.25, -0.2) is 4.39 Å². The predicted octanol–water partition coefficient (Wildman–Crippen LogP) is 3.15. The molecule has 0 bridgehead atoms. The highest BCUT2D eigenvalue weighted by Gasteiger charge is 2.18. The van der Waals surface area contributed by atoms with Crippen LogP contribution in [-0.4, -0.2) is 11.5 Å². The summed E-state index contributed by atoms with van der Waals surface area (Å²) in [5.74, 6) is -0.147. The van der Waals surface area contributed by atoms with Crippen LogP contribution in [0.3, 0.4) is 0 Å². The molecule has 0 fully saturated rings. The van der Waals surface area contributed by atoms with Gasteiger partial charge >= 0.3 is 0 Å². The van der Waals surface area contributed by atoms with Crippen LogP contribution >= 0.6 is 0 Å². The molecule has 0 unspecified atom stereocenters. The number of pyridine rings is 1. The van der Waals surface area contributed by atoms with E-state index in [-0.39, 0.29) is 5.82 Å². The second kappa shape index (κ2) is 4.74. The van der Waals surface area contributed by atoms with Crippen LogP contribution in [0.4, 0.5) is 4.39 Å². The first kappa shape index (κ1) is 12.3. The van der Waals surface area contributed by atoms with Crippen LogP contribution in [0.1, 0.15) is 22.5 Å². The molecule has 19 heavy (non-hydrogen) atoms. The van der Waals surface area contributed by atoms with Gasteiger partial charge in [-0.1, -0.05) is 12.1 Å². The molecule has 3 rings (SSSR count). The van der Waals surface area contributed by atoms with Gasteiger partial charge in [-0.3, -0.25) is 4.98 Å². The second-order valence-electron chi connectivity index (χ2n) is 5.15. The molecule has 98 valence electrons. The van der Waals surface area contributed by atoms with Gasteiger partial charge in [0.1, 0.15) is 5.82 Å². The molecule has 0 aliphatic carbocycles. The Balaban J connectivity index is 2.21. The number of aryl methyl sites for hydroxylation is 2. The highest BCUT2D eigenvalue weighted by Crippen LogP contribution is 2.30. The molecule has 2 nitrogen and oxygen atoms in total. The summed E-state index contributed by atoms with van der Waals surface area (Å²) >= 11 is 0. The Morgan fingerprint density at radius 1 is 1.16 bits per heavy atom. The zero-order valence-corrected chi connectivity index (χ0v) is 11.3. The minimum atomic E-state index is -0.147. The largest absolute Gasteiger partial charge is 0.311 e. The minimum Gasteiger partial charge on any atom is -0.311 e. The summed E-state index contributed by atoms with van der Waals surface area (Å²) in [5, 5.41) is 3.31. The minimum absolute atomic E-state index is 0.147. The summed E-state index contributed by atoms with van der Waals surface area (Å²) in [5.41, 5.74) is 5.82. The third-order valence-electron chi connectivity index (χ3n) is 3.60. The maximum Gasteiger partial charge on any atom is 0.131 e. The summed E-state index contributed by atoms with van der Waals surface area (Å²) in [6.45, 7) is 5.57. The lowest BCUT2D eigenvalue weighted by Crippen LogP contribution is -2.25. The number of fused-ring (bicyclic) bond motifs is 1. The third-order valence-corrected chi connectivity index (χ3v) is 3.60. The van der Waals surface area contributed by atoms with Crippen LogP contribution in [0.2, 0.25) is 0 Å². The average Bonchev–Trinajstić information content (AvgIpc) is 2.38. The van der Waals surface area contributed by atoms with E-state index >= 15 is 0 Å². The smallest absolute Gasteiger partial charge is 0.131 e. The van der Waals surface area contributed by atoms with Crippen LogP contribution in [-0.2, 0) is 13.0 Å². The first-order valence-corrected chi connectivity index (χ1v) is 6.62. The molecular formula is C16H17FN2. The molecule has 0 atom stereocenters. The number of nitrogens with one attached hydrogen (secondary N) is 1. The summed E-state index contributed by atoms with van der Waals surface area (Å²) < 4.78 is 14.2. The summed E-state index contributed by atoms with van der Waals surface area (Å²) in [7, 11) is 0. The lowest BCUT2D eigenvalue weighted by atomic mass is 9.93. The van der Waals surface area contributed by atoms with Crippen molar-refractivity contribution in [2.45, 2.75) is 26.8 Å². The van der Waals surface area contributed by atoms with E-state index in [1.165, 1.54) is 5.56 Å². The predicted molar refractivity (Wildman–Crippen MR) is 74.5 cm³/mol. The van der Waals surface area contributed by atoms with Gasteiger partial charge in [-0.15, -0.1) is 0 Å². The molecule has 0 amide bonds. The Bertz CT molecular complexity index is 635. The third kappa shape index (κ3) is 2.26. The van der Waals surface area contributed by atoms with Crippen molar-refractivity contribution in [2.24, 2.45) is 0 Å². The Morgan fingerprint density at radius 3 is 2.79 bits per heavy atom. The fourth-order valence-corrected chi connectivity index (χ4v) is 2.69. The Hall–Kier alpha value is -1.74. The Kier molecular flexibility index (Phi) is 3.07. The Labute approximate surface area is 112 Å². The van der Waals surface area contributed by atoms with Crippen LogP contribution < -0.4 is 5.32 Å². The van der Waals surface area contributed by atoms with Crippen molar-refractivity contribution in [1.29, 1.82) is 0 Å². The molecule has 1 aliphatic heterocycles. The summed E-state index contributed by atoms with van der Waals surface area (Å²) in [6, 6.07) is 7.43. The van der Waals surface area contributed by atoms with Gasteiger partial charge in [-0.2, -0.15) is 0 Å². The highest BCUT2D eigenvalue weighted by molar-refractivity contribution is 5.69. The zero-order chi connectivity index (χ0) is 13.4. The van der Waals surface area contributed by atoms with Gasteiger partial charge in [0.15, 0.2) is 0 Å². The first-order chi connectivity index (χ1) is 9.15. The maximum absolute atomic E-state index is 14.2. The number of halogens is 1. The van der Waals surface area contributed by atoms with E-state index in [1.807, 2.05) is 32.0 Å². The number of aromatic nitrogens is 1. The monoisotopic (exact) mass is 256 g/mol. The molecule has 3 heteroatoms. The quantitative estimate of drug-likeness (QED) is 0.847. The topological polar surface area (TPSA) is 24.9 Å². The number of rotatable bonds is 1. The van der Waals surface area contributed by atoms with Gasteiger partial charge in [0.2, 0.25) is 0 Å². The van der Waals surface area contributed by atoms with Crippen molar-refractivity contribution in [3.8, 4) is 11.1 Å². The van der Waals surface area contributed by atoms with Crippen LogP contribution in [0.15, 0.2) is 24.3 Å². The van der Waals surface area contributed by atoms with E-state index in [4.69, 9.17) is 0 Å². The lowest BCUT2D eigenvalue weighted by Gasteiger charge is -2.21. The van der Waals surface area contributed by atoms with Crippen LogP contribution in [0, 0.1) is 19.7 Å². The molecule has 2 heterocycles. The molecule has 1 aliphatic rings. The first-order valence-electron chi connectivity index (χ1n) is 6.62. The molecule has 0 spiro atoms. The van der Waals surface area contributed by atoms with Crippen molar-refractivity contribution in [3.63, 3.8) is 0 Å². The van der Waals surface area contributed by atoms with Gasteiger partial charge < -0.3 is 5.32 Å². The van der Waals surface area contributed by atoms with E-state index in [1.54, 1.807) is 6.07 Å². The SMILES string of the molecule is Cc1ccc(-c2cc(C)nc3c2CCNC3)c(F)c1. The molecular weight excluding hydrogens is 239 g/mol. The number of benzene rings is 1. The molecule has 2 aromatic rings. The second-order valence-corrected chi connectivity index (χ2v) is 5.15. The van der Waals surface area contributed by atoms with Gasteiger partial charge in [0.25, 0.3) is 0 Å². The van der Waals surface area contributed by atoms with Gasteiger partial charge in [0, 0.05) is 17.8 Å². The van der Waals surface area contributed by atoms with Gasteiger partial charge in [-0.05, 0) is 55.6 Å². The zero-order valence-electron chi connectivity index (χ0n) is 11.3. The molecule has 0 saturated heterocycles. The molecule has 1 N–H and O–H groups in total. The molecule has 1 aromatic heterocycles. The summed E-state index contributed by atoms with van der Waals surface area (Å²) in [4.78, 5) is 4.56.